The second kappa shape index (κ2) is 8.84. The molecule has 0 bridgehead atoms. The monoisotopic (exact) mass is 439 g/mol. The Hall–Kier alpha value is -2.58. The summed E-state index contributed by atoms with van der Waals surface area (Å²) in [6, 6.07) is 4.74. The fourth-order valence-electron chi connectivity index (χ4n) is 3.50. The van der Waals surface area contributed by atoms with Crippen molar-refractivity contribution in [2.45, 2.75) is 38.0 Å². The molecule has 0 unspecified atom stereocenters. The third-order valence-corrected chi connectivity index (χ3v) is 5.67. The summed E-state index contributed by atoms with van der Waals surface area (Å²) in [7, 11) is 0. The third kappa shape index (κ3) is 4.38. The van der Waals surface area contributed by atoms with Crippen LogP contribution in [0.1, 0.15) is 54.2 Å². The second-order valence-corrected chi connectivity index (χ2v) is 7.58. The number of carboxylic acid groups (broad SMARTS) is 1. The second-order valence-electron chi connectivity index (χ2n) is 6.79. The molecule has 1 aliphatic rings. The van der Waals surface area contributed by atoms with E-state index in [0.29, 0.717) is 5.82 Å². The molecule has 1 fully saturated rings. The lowest BCUT2D eigenvalue weighted by Crippen LogP contribution is -2.37. The number of carbonyl (C=O) groups is 2. The minimum atomic E-state index is -1.29. The highest BCUT2D eigenvalue weighted by atomic mass is 35.5. The van der Waals surface area contributed by atoms with Gasteiger partial charge in [0.15, 0.2) is 5.56 Å². The highest BCUT2D eigenvalue weighted by Gasteiger charge is 2.29. The molecule has 1 aromatic heterocycles. The Labute approximate surface area is 176 Å². The van der Waals surface area contributed by atoms with Crippen LogP contribution in [0.5, 0.6) is 5.88 Å². The molecule has 0 atom stereocenters. The van der Waals surface area contributed by atoms with Gasteiger partial charge in [-0.25, -0.2) is 0 Å². The lowest BCUT2D eigenvalue weighted by atomic mass is 9.88. The number of carbonyl (C=O) groups excluding carboxylic acids is 1. The molecular weight excluding hydrogens is 421 g/mol. The molecule has 0 aliphatic heterocycles. The van der Waals surface area contributed by atoms with Crippen molar-refractivity contribution in [3.05, 3.63) is 50.0 Å². The number of hydrogen-bond acceptors (Lipinski definition) is 5. The lowest BCUT2D eigenvalue weighted by molar-refractivity contribution is -0.135. The summed E-state index contributed by atoms with van der Waals surface area (Å²) < 4.78 is 1.19. The van der Waals surface area contributed by atoms with Crippen molar-refractivity contribution in [2.75, 3.05) is 6.54 Å². The van der Waals surface area contributed by atoms with Crippen molar-refractivity contribution in [2.24, 2.45) is 0 Å². The van der Waals surface area contributed by atoms with Crippen LogP contribution in [-0.4, -0.2) is 38.2 Å². The van der Waals surface area contributed by atoms with E-state index in [1.807, 2.05) is 0 Å². The van der Waals surface area contributed by atoms with Gasteiger partial charge in [-0.3, -0.25) is 19.0 Å². The Morgan fingerprint density at radius 3 is 2.55 bits per heavy atom. The van der Waals surface area contributed by atoms with Gasteiger partial charge in [0.25, 0.3) is 11.5 Å². The summed E-state index contributed by atoms with van der Waals surface area (Å²) in [5.74, 6) is -2.88. The number of nitrogens with one attached hydrogen (secondary N) is 1. The average Bonchev–Trinajstić information content (AvgIpc) is 2.69. The quantitative estimate of drug-likeness (QED) is 0.657. The Morgan fingerprint density at radius 1 is 1.21 bits per heavy atom. The summed E-state index contributed by atoms with van der Waals surface area (Å²) in [6.07, 6.45) is 4.51. The molecule has 8 nitrogen and oxygen atoms in total. The molecule has 3 N–H and O–H groups in total. The summed E-state index contributed by atoms with van der Waals surface area (Å²) in [6.45, 7) is -0.708. The van der Waals surface area contributed by atoms with Gasteiger partial charge in [0.2, 0.25) is 5.88 Å². The number of aliphatic carboxylic acids is 1. The summed E-state index contributed by atoms with van der Waals surface area (Å²) >= 11 is 12.4. The highest BCUT2D eigenvalue weighted by molar-refractivity contribution is 6.43. The van der Waals surface area contributed by atoms with Crippen LogP contribution >= 0.6 is 23.2 Å². The van der Waals surface area contributed by atoms with Crippen LogP contribution in [-0.2, 0) is 4.79 Å². The van der Waals surface area contributed by atoms with Crippen LogP contribution < -0.4 is 10.9 Å². The van der Waals surface area contributed by atoms with Gasteiger partial charge in [-0.2, -0.15) is 4.98 Å². The van der Waals surface area contributed by atoms with Gasteiger partial charge in [0.05, 0.1) is 15.7 Å². The first-order valence-electron chi connectivity index (χ1n) is 9.11. The van der Waals surface area contributed by atoms with E-state index in [1.54, 1.807) is 18.2 Å². The van der Waals surface area contributed by atoms with E-state index in [4.69, 9.17) is 28.3 Å². The molecule has 1 aliphatic carbocycles. The van der Waals surface area contributed by atoms with Crippen molar-refractivity contribution in [1.29, 1.82) is 0 Å². The predicted octanol–water partition coefficient (Wildman–Crippen LogP) is 3.11. The number of nitrogens with zero attached hydrogens (tertiary/aromatic N) is 2. The molecule has 1 heterocycles. The molecule has 0 spiro atoms. The van der Waals surface area contributed by atoms with E-state index in [0.717, 1.165) is 32.1 Å². The van der Waals surface area contributed by atoms with Crippen LogP contribution in [0.3, 0.4) is 0 Å². The zero-order valence-corrected chi connectivity index (χ0v) is 16.8. The Morgan fingerprint density at radius 2 is 1.90 bits per heavy atom. The number of carboxylic acids is 1. The zero-order chi connectivity index (χ0) is 21.1. The van der Waals surface area contributed by atoms with Crippen LogP contribution in [0, 0.1) is 0 Å². The van der Waals surface area contributed by atoms with E-state index < -0.39 is 35.4 Å². The minimum Gasteiger partial charge on any atom is -0.493 e. The van der Waals surface area contributed by atoms with Gasteiger partial charge in [0, 0.05) is 5.92 Å². The maximum Gasteiger partial charge on any atom is 0.322 e. The fraction of sp³-hybridized carbons (Fsp3) is 0.368. The first-order chi connectivity index (χ1) is 13.8. The normalized spacial score (nSPS) is 14.6. The molecule has 0 radical (unpaired) electrons. The molecule has 154 valence electrons. The number of aromatic nitrogens is 2. The minimum absolute atomic E-state index is 0.103. The number of benzene rings is 1. The third-order valence-electron chi connectivity index (χ3n) is 4.86. The molecule has 1 amide bonds. The van der Waals surface area contributed by atoms with E-state index in [2.05, 4.69) is 10.3 Å². The standard InChI is InChI=1S/C19H19Cl2N3O5/c20-11-7-4-8-12(15(11)21)24-16(10-5-2-1-3-6-10)23-18(28)14(19(24)29)17(27)22-9-13(25)26/h4,7-8,10,28H,1-3,5-6,9H2,(H,22,27)(H,25,26). The number of halogens is 2. The summed E-state index contributed by atoms with van der Waals surface area (Å²) in [5, 5.41) is 21.5. The number of rotatable bonds is 5. The number of aromatic hydroxyl groups is 1. The average molecular weight is 440 g/mol. The smallest absolute Gasteiger partial charge is 0.322 e. The van der Waals surface area contributed by atoms with Crippen LogP contribution in [0.2, 0.25) is 10.0 Å². The van der Waals surface area contributed by atoms with Crippen molar-refractivity contribution in [3.8, 4) is 11.6 Å². The molecular formula is C19H19Cl2N3O5. The van der Waals surface area contributed by atoms with Gasteiger partial charge in [-0.05, 0) is 25.0 Å². The predicted molar refractivity (Wildman–Crippen MR) is 107 cm³/mol. The lowest BCUT2D eigenvalue weighted by Gasteiger charge is -2.25. The molecule has 1 aromatic carbocycles. The molecule has 2 aromatic rings. The molecule has 10 heteroatoms. The van der Waals surface area contributed by atoms with Crippen molar-refractivity contribution < 1.29 is 19.8 Å². The van der Waals surface area contributed by atoms with Gasteiger partial charge in [0.1, 0.15) is 12.4 Å². The number of hydrogen-bond donors (Lipinski definition) is 3. The first kappa shape index (κ1) is 21.1. The van der Waals surface area contributed by atoms with Crippen molar-refractivity contribution in [1.82, 2.24) is 14.9 Å². The summed E-state index contributed by atoms with van der Waals surface area (Å²) in [4.78, 5) is 40.5. The maximum atomic E-state index is 13.3. The van der Waals surface area contributed by atoms with E-state index in [-0.39, 0.29) is 21.7 Å². The van der Waals surface area contributed by atoms with Crippen LogP contribution in [0.25, 0.3) is 5.69 Å². The molecule has 29 heavy (non-hydrogen) atoms. The Bertz CT molecular complexity index is 1020. The Balaban J connectivity index is 2.22. The number of amides is 1. The van der Waals surface area contributed by atoms with E-state index in [9.17, 15) is 19.5 Å². The Kier molecular flexibility index (Phi) is 6.44. The van der Waals surface area contributed by atoms with Crippen LogP contribution in [0.15, 0.2) is 23.0 Å². The maximum absolute atomic E-state index is 13.3. The zero-order valence-electron chi connectivity index (χ0n) is 15.3. The molecule has 0 saturated heterocycles. The molecule has 1 saturated carbocycles. The SMILES string of the molecule is O=C(O)CNC(=O)c1c(O)nc(C2CCCCC2)n(-c2cccc(Cl)c2Cl)c1=O. The van der Waals surface area contributed by atoms with Gasteiger partial charge < -0.3 is 15.5 Å². The largest absolute Gasteiger partial charge is 0.493 e. The van der Waals surface area contributed by atoms with E-state index in [1.165, 1.54) is 4.57 Å². The topological polar surface area (TPSA) is 122 Å². The fourth-order valence-corrected chi connectivity index (χ4v) is 3.88. The van der Waals surface area contributed by atoms with Crippen LogP contribution in [0.4, 0.5) is 0 Å². The first-order valence-corrected chi connectivity index (χ1v) is 9.87. The van der Waals surface area contributed by atoms with E-state index >= 15 is 0 Å². The molecule has 3 rings (SSSR count). The van der Waals surface area contributed by atoms with Crippen molar-refractivity contribution in [3.63, 3.8) is 0 Å². The summed E-state index contributed by atoms with van der Waals surface area (Å²) in [5.41, 5.74) is -1.25. The highest BCUT2D eigenvalue weighted by Crippen LogP contribution is 2.35. The van der Waals surface area contributed by atoms with Crippen molar-refractivity contribution >= 4 is 35.1 Å². The van der Waals surface area contributed by atoms with Gasteiger partial charge in [-0.1, -0.05) is 48.5 Å². The van der Waals surface area contributed by atoms with Gasteiger partial charge >= 0.3 is 5.97 Å². The van der Waals surface area contributed by atoms with Gasteiger partial charge in [-0.15, -0.1) is 0 Å².